The number of nitrogens with two attached hydrogens (primary N) is 1. The summed E-state index contributed by atoms with van der Waals surface area (Å²) in [6, 6.07) is -0.801. The van der Waals surface area contributed by atoms with Gasteiger partial charge >= 0.3 is 6.03 Å². The fourth-order valence-corrected chi connectivity index (χ4v) is 2.79. The van der Waals surface area contributed by atoms with Gasteiger partial charge in [0, 0.05) is 31.1 Å². The van der Waals surface area contributed by atoms with Crippen molar-refractivity contribution in [2.75, 3.05) is 26.2 Å². The van der Waals surface area contributed by atoms with Gasteiger partial charge in [0.2, 0.25) is 5.91 Å². The number of hydrogen-bond donors (Lipinski definition) is 2. The Kier molecular flexibility index (Phi) is 5.45. The fraction of sp³-hybridized carbons (Fsp3) is 0.583. The third-order valence-electron chi connectivity index (χ3n) is 3.02. The highest BCUT2D eigenvalue weighted by Crippen LogP contribution is 2.23. The number of urea groups is 1. The quantitative estimate of drug-likeness (QED) is 0.824. The molecule has 1 aromatic heterocycles. The van der Waals surface area contributed by atoms with Crippen molar-refractivity contribution in [1.29, 1.82) is 0 Å². The maximum Gasteiger partial charge on any atom is 0.318 e. The van der Waals surface area contributed by atoms with Crippen LogP contribution in [0, 0.1) is 0 Å². The summed E-state index contributed by atoms with van der Waals surface area (Å²) < 4.78 is 5.70. The van der Waals surface area contributed by atoms with Crippen LogP contribution in [0.25, 0.3) is 0 Å². The molecule has 1 aliphatic heterocycles. The first kappa shape index (κ1) is 14.9. The summed E-state index contributed by atoms with van der Waals surface area (Å²) >= 11 is 1.59. The van der Waals surface area contributed by atoms with Crippen LogP contribution in [0.4, 0.5) is 4.79 Å². The van der Waals surface area contributed by atoms with Crippen molar-refractivity contribution < 1.29 is 14.3 Å². The Balaban J connectivity index is 1.71. The number of thiazole rings is 1. The minimum absolute atomic E-state index is 0.0168. The van der Waals surface area contributed by atoms with E-state index in [4.69, 9.17) is 10.5 Å². The van der Waals surface area contributed by atoms with Crippen LogP contribution in [0.15, 0.2) is 11.6 Å². The van der Waals surface area contributed by atoms with Gasteiger partial charge in [-0.1, -0.05) is 0 Å². The predicted molar refractivity (Wildman–Crippen MR) is 74.2 cm³/mol. The molecule has 0 aromatic carbocycles. The standard InChI is InChI=1S/C12H18N4O3S/c13-12(18)15-10(17)2-1-4-16-5-6-19-9(8-16)11-14-3-7-20-11/h3,7,9H,1-2,4-6,8H2,(H3,13,15,17,18)/t9-/m1/s1. The Morgan fingerprint density at radius 3 is 3.15 bits per heavy atom. The van der Waals surface area contributed by atoms with Crippen molar-refractivity contribution >= 4 is 23.3 Å². The lowest BCUT2D eigenvalue weighted by Crippen LogP contribution is -2.39. The highest BCUT2D eigenvalue weighted by Gasteiger charge is 2.23. The van der Waals surface area contributed by atoms with E-state index in [1.807, 2.05) is 5.38 Å². The predicted octanol–water partition coefficient (Wildman–Crippen LogP) is 0.491. The van der Waals surface area contributed by atoms with Gasteiger partial charge in [0.25, 0.3) is 0 Å². The zero-order chi connectivity index (χ0) is 14.4. The molecule has 0 bridgehead atoms. The molecule has 2 heterocycles. The zero-order valence-electron chi connectivity index (χ0n) is 11.1. The van der Waals surface area contributed by atoms with Crippen LogP contribution in [0.5, 0.6) is 0 Å². The summed E-state index contributed by atoms with van der Waals surface area (Å²) in [5.41, 5.74) is 4.88. The number of carbonyl (C=O) groups excluding carboxylic acids is 2. The number of aromatic nitrogens is 1. The topological polar surface area (TPSA) is 97.5 Å². The van der Waals surface area contributed by atoms with Crippen molar-refractivity contribution in [2.24, 2.45) is 5.73 Å². The molecule has 2 rings (SSSR count). The number of nitrogens with one attached hydrogen (secondary N) is 1. The van der Waals surface area contributed by atoms with Crippen LogP contribution in [-0.4, -0.2) is 48.1 Å². The summed E-state index contributed by atoms with van der Waals surface area (Å²) in [6.45, 7) is 3.08. The average molecular weight is 298 g/mol. The molecule has 0 saturated carbocycles. The minimum atomic E-state index is -0.801. The lowest BCUT2D eigenvalue weighted by Gasteiger charge is -2.31. The van der Waals surface area contributed by atoms with E-state index in [1.165, 1.54) is 0 Å². The van der Waals surface area contributed by atoms with E-state index in [2.05, 4.69) is 15.2 Å². The highest BCUT2D eigenvalue weighted by molar-refractivity contribution is 7.09. The first-order valence-electron chi connectivity index (χ1n) is 6.48. The van der Waals surface area contributed by atoms with E-state index in [1.54, 1.807) is 17.5 Å². The van der Waals surface area contributed by atoms with Crippen molar-refractivity contribution in [3.05, 3.63) is 16.6 Å². The lowest BCUT2D eigenvalue weighted by atomic mass is 10.2. The second-order valence-electron chi connectivity index (χ2n) is 4.55. The molecule has 0 aliphatic carbocycles. The van der Waals surface area contributed by atoms with Gasteiger partial charge in [-0.05, 0) is 13.0 Å². The Bertz CT molecular complexity index is 452. The largest absolute Gasteiger partial charge is 0.368 e. The Hall–Kier alpha value is -1.51. The van der Waals surface area contributed by atoms with E-state index < -0.39 is 6.03 Å². The van der Waals surface area contributed by atoms with Gasteiger partial charge in [0.1, 0.15) is 11.1 Å². The first-order chi connectivity index (χ1) is 9.65. The molecule has 3 amide bonds. The SMILES string of the molecule is NC(=O)NC(=O)CCCN1CCO[C@@H](c2nccs2)C1. The van der Waals surface area contributed by atoms with Crippen molar-refractivity contribution in [1.82, 2.24) is 15.2 Å². The van der Waals surface area contributed by atoms with Gasteiger partial charge in [-0.3, -0.25) is 15.0 Å². The smallest absolute Gasteiger partial charge is 0.318 e. The maximum atomic E-state index is 11.3. The molecule has 110 valence electrons. The molecular formula is C12H18N4O3S. The molecular weight excluding hydrogens is 280 g/mol. The number of nitrogens with zero attached hydrogens (tertiary/aromatic N) is 2. The van der Waals surface area contributed by atoms with Gasteiger partial charge in [-0.2, -0.15) is 0 Å². The maximum absolute atomic E-state index is 11.3. The molecule has 8 heteroatoms. The number of ether oxygens (including phenoxy) is 1. The Labute approximate surface area is 121 Å². The molecule has 0 unspecified atom stereocenters. The number of hydrogen-bond acceptors (Lipinski definition) is 6. The third kappa shape index (κ3) is 4.55. The first-order valence-corrected chi connectivity index (χ1v) is 7.36. The Morgan fingerprint density at radius 2 is 2.45 bits per heavy atom. The minimum Gasteiger partial charge on any atom is -0.368 e. The second kappa shape index (κ2) is 7.32. The molecule has 20 heavy (non-hydrogen) atoms. The third-order valence-corrected chi connectivity index (χ3v) is 3.89. The van der Waals surface area contributed by atoms with Gasteiger partial charge < -0.3 is 10.5 Å². The molecule has 1 aromatic rings. The number of amides is 3. The number of primary amides is 1. The van der Waals surface area contributed by atoms with Crippen molar-refractivity contribution in [2.45, 2.75) is 18.9 Å². The lowest BCUT2D eigenvalue weighted by molar-refractivity contribution is -0.120. The van der Waals surface area contributed by atoms with E-state index >= 15 is 0 Å². The van der Waals surface area contributed by atoms with Crippen LogP contribution in [0.2, 0.25) is 0 Å². The van der Waals surface area contributed by atoms with Crippen LogP contribution in [0.3, 0.4) is 0 Å². The van der Waals surface area contributed by atoms with E-state index in [0.717, 1.165) is 24.6 Å². The summed E-state index contributed by atoms with van der Waals surface area (Å²) in [7, 11) is 0. The normalized spacial score (nSPS) is 19.7. The molecule has 1 saturated heterocycles. The average Bonchev–Trinajstić information content (AvgIpc) is 2.92. The summed E-state index contributed by atoms with van der Waals surface area (Å²) in [5, 5.41) is 4.98. The van der Waals surface area contributed by atoms with Crippen LogP contribution in [-0.2, 0) is 9.53 Å². The van der Waals surface area contributed by atoms with E-state index in [0.29, 0.717) is 19.4 Å². The Morgan fingerprint density at radius 1 is 1.60 bits per heavy atom. The number of morpholine rings is 1. The van der Waals surface area contributed by atoms with Crippen LogP contribution < -0.4 is 11.1 Å². The number of imide groups is 1. The van der Waals surface area contributed by atoms with Gasteiger partial charge in [0.15, 0.2) is 0 Å². The van der Waals surface area contributed by atoms with Gasteiger partial charge in [0.05, 0.1) is 6.61 Å². The van der Waals surface area contributed by atoms with Crippen molar-refractivity contribution in [3.8, 4) is 0 Å². The molecule has 7 nitrogen and oxygen atoms in total. The summed E-state index contributed by atoms with van der Waals surface area (Å²) in [4.78, 5) is 28.3. The van der Waals surface area contributed by atoms with Crippen LogP contribution >= 0.6 is 11.3 Å². The monoisotopic (exact) mass is 298 g/mol. The van der Waals surface area contributed by atoms with E-state index in [-0.39, 0.29) is 12.0 Å². The molecule has 0 spiro atoms. The van der Waals surface area contributed by atoms with Gasteiger partial charge in [-0.25, -0.2) is 9.78 Å². The second-order valence-corrected chi connectivity index (χ2v) is 5.47. The summed E-state index contributed by atoms with van der Waals surface area (Å²) in [6.07, 6.45) is 2.77. The molecule has 3 N–H and O–H groups in total. The van der Waals surface area contributed by atoms with Gasteiger partial charge in [-0.15, -0.1) is 11.3 Å². The number of carbonyl (C=O) groups is 2. The molecule has 0 radical (unpaired) electrons. The fourth-order valence-electron chi connectivity index (χ4n) is 2.11. The molecule has 1 aliphatic rings. The summed E-state index contributed by atoms with van der Waals surface area (Å²) in [5.74, 6) is -0.331. The van der Waals surface area contributed by atoms with Crippen LogP contribution in [0.1, 0.15) is 24.0 Å². The highest BCUT2D eigenvalue weighted by atomic mass is 32.1. The van der Waals surface area contributed by atoms with E-state index in [9.17, 15) is 9.59 Å². The number of rotatable bonds is 5. The molecule has 1 fully saturated rings. The zero-order valence-corrected chi connectivity index (χ0v) is 11.9. The molecule has 1 atom stereocenters. The van der Waals surface area contributed by atoms with Crippen molar-refractivity contribution in [3.63, 3.8) is 0 Å².